The Morgan fingerprint density at radius 1 is 1.11 bits per heavy atom. The highest BCUT2D eigenvalue weighted by atomic mass is 32.2. The summed E-state index contributed by atoms with van der Waals surface area (Å²) in [6.07, 6.45) is 0. The molecule has 142 valence electrons. The van der Waals surface area contributed by atoms with Crippen LogP contribution in [0.1, 0.15) is 0 Å². The summed E-state index contributed by atoms with van der Waals surface area (Å²) in [5, 5.41) is 29.3. The highest BCUT2D eigenvalue weighted by Crippen LogP contribution is 2.36. The Bertz CT molecular complexity index is 1240. The van der Waals surface area contributed by atoms with E-state index in [0.717, 1.165) is 18.2 Å². The van der Waals surface area contributed by atoms with E-state index in [1.54, 1.807) is 0 Å². The first-order valence-corrected chi connectivity index (χ1v) is 9.56. The van der Waals surface area contributed by atoms with Crippen molar-refractivity contribution in [3.8, 4) is 11.8 Å². The monoisotopic (exact) mass is 413 g/mol. The fourth-order valence-corrected chi connectivity index (χ4v) is 3.17. The first-order valence-electron chi connectivity index (χ1n) is 6.68. The minimum Gasteiger partial charge on any atom is -0.507 e. The number of nitrogens with two attached hydrogens (primary N) is 1. The van der Waals surface area contributed by atoms with Crippen LogP contribution in [0.5, 0.6) is 5.75 Å². The van der Waals surface area contributed by atoms with Crippen molar-refractivity contribution in [2.75, 3.05) is 5.43 Å². The van der Waals surface area contributed by atoms with Crippen molar-refractivity contribution >= 4 is 48.2 Å². The molecule has 0 aliphatic carbocycles. The predicted octanol–water partition coefficient (Wildman–Crippen LogP) is 0.266. The van der Waals surface area contributed by atoms with Crippen LogP contribution in [-0.4, -0.2) is 42.6 Å². The molecule has 0 heterocycles. The molecular weight excluding hydrogens is 402 g/mol. The van der Waals surface area contributed by atoms with Crippen LogP contribution < -0.4 is 11.2 Å². The van der Waals surface area contributed by atoms with Crippen LogP contribution >= 0.6 is 0 Å². The van der Waals surface area contributed by atoms with Gasteiger partial charge in [0.15, 0.2) is 5.84 Å². The lowest BCUT2D eigenvalue weighted by molar-refractivity contribution is 0.471. The summed E-state index contributed by atoms with van der Waals surface area (Å²) in [5.41, 5.74) is 6.54. The van der Waals surface area contributed by atoms with Crippen LogP contribution in [0.25, 0.3) is 10.8 Å². The summed E-state index contributed by atoms with van der Waals surface area (Å²) in [4.78, 5) is -1.42. The van der Waals surface area contributed by atoms with Gasteiger partial charge in [-0.05, 0) is 23.6 Å². The van der Waals surface area contributed by atoms with Crippen LogP contribution in [0.2, 0.25) is 0 Å². The van der Waals surface area contributed by atoms with Crippen molar-refractivity contribution in [3.63, 3.8) is 0 Å². The highest BCUT2D eigenvalue weighted by Gasteiger charge is 2.19. The number of benzene rings is 2. The van der Waals surface area contributed by atoms with Crippen molar-refractivity contribution in [2.24, 2.45) is 10.8 Å². The third kappa shape index (κ3) is 4.30. The van der Waals surface area contributed by atoms with Gasteiger partial charge < -0.3 is 10.8 Å². The molecule has 7 N–H and O–H groups in total. The molecule has 2 aromatic carbocycles. The second-order valence-corrected chi connectivity index (χ2v) is 7.90. The normalized spacial score (nSPS) is 12.6. The number of fused-ring (bicyclic) bond motifs is 1. The zero-order valence-electron chi connectivity index (χ0n) is 13.1. The molecule has 0 fully saturated rings. The van der Waals surface area contributed by atoms with Crippen LogP contribution in [-0.2, 0) is 20.2 Å². The zero-order valence-corrected chi connectivity index (χ0v) is 14.7. The SMILES string of the molecule is N#C/C(=N\Nc1cc(S(=O)(=O)O)cc2cc(S(=O)(=O)O)cc(O)c12)C(=N)N. The van der Waals surface area contributed by atoms with Gasteiger partial charge in [-0.25, -0.2) is 0 Å². The lowest BCUT2D eigenvalue weighted by Gasteiger charge is -2.11. The van der Waals surface area contributed by atoms with Crippen molar-refractivity contribution in [1.29, 1.82) is 10.7 Å². The number of rotatable bonds is 5. The number of hydrogen-bond donors (Lipinski definition) is 6. The van der Waals surface area contributed by atoms with Gasteiger partial charge in [0.1, 0.15) is 11.8 Å². The molecule has 0 saturated carbocycles. The Morgan fingerprint density at radius 3 is 2.07 bits per heavy atom. The molecule has 0 bridgehead atoms. The van der Waals surface area contributed by atoms with Crippen molar-refractivity contribution in [1.82, 2.24) is 0 Å². The number of nitrogens with zero attached hydrogens (tertiary/aromatic N) is 2. The number of aromatic hydroxyl groups is 1. The molecule has 27 heavy (non-hydrogen) atoms. The lowest BCUT2D eigenvalue weighted by Crippen LogP contribution is -2.21. The van der Waals surface area contributed by atoms with E-state index >= 15 is 0 Å². The van der Waals surface area contributed by atoms with E-state index in [9.17, 15) is 26.5 Å². The standard InChI is InChI=1S/C13H11N5O7S2/c14-5-10(13(15)16)18-17-9-3-7(26(20,21)22)1-6-2-8(27(23,24)25)4-11(19)12(6)9/h1-4,17,19H,(H3,15,16)(H,20,21,22)(H,23,24,25)/b18-10+. The Hall–Kier alpha value is -3.25. The Labute approximate surface area is 152 Å². The fraction of sp³-hybridized carbons (Fsp3) is 0. The van der Waals surface area contributed by atoms with E-state index in [0.29, 0.717) is 6.07 Å². The van der Waals surface area contributed by atoms with Gasteiger partial charge in [0.2, 0.25) is 5.71 Å². The smallest absolute Gasteiger partial charge is 0.294 e. The van der Waals surface area contributed by atoms with Crippen LogP contribution in [0.4, 0.5) is 5.69 Å². The van der Waals surface area contributed by atoms with E-state index in [1.807, 2.05) is 0 Å². The number of phenolic OH excluding ortho intramolecular Hbond substituents is 1. The molecule has 0 aliphatic rings. The second-order valence-electron chi connectivity index (χ2n) is 5.06. The molecule has 2 aromatic rings. The van der Waals surface area contributed by atoms with Gasteiger partial charge in [0.05, 0.1) is 15.5 Å². The summed E-state index contributed by atoms with van der Waals surface area (Å²) in [7, 11) is -9.48. The molecule has 0 aliphatic heterocycles. The Balaban J connectivity index is 2.86. The number of hydrogen-bond acceptors (Lipinski definition) is 9. The maximum absolute atomic E-state index is 11.5. The molecule has 14 heteroatoms. The first-order chi connectivity index (χ1) is 12.3. The lowest BCUT2D eigenvalue weighted by atomic mass is 10.1. The number of hydrazone groups is 1. The highest BCUT2D eigenvalue weighted by molar-refractivity contribution is 7.86. The molecule has 2 rings (SSSR count). The maximum Gasteiger partial charge on any atom is 0.294 e. The minimum atomic E-state index is -4.75. The molecule has 0 aromatic heterocycles. The number of nitriles is 1. The minimum absolute atomic E-state index is 0.139. The first kappa shape index (κ1) is 20.1. The van der Waals surface area contributed by atoms with E-state index in [4.69, 9.17) is 21.0 Å². The van der Waals surface area contributed by atoms with Gasteiger partial charge in [-0.1, -0.05) is 0 Å². The summed E-state index contributed by atoms with van der Waals surface area (Å²) in [6, 6.07) is 4.76. The summed E-state index contributed by atoms with van der Waals surface area (Å²) in [6.45, 7) is 0. The maximum atomic E-state index is 11.5. The second kappa shape index (κ2) is 6.81. The molecule has 0 spiro atoms. The van der Waals surface area contributed by atoms with E-state index in [-0.39, 0.29) is 16.5 Å². The molecule has 0 amide bonds. The average molecular weight is 413 g/mol. The largest absolute Gasteiger partial charge is 0.507 e. The van der Waals surface area contributed by atoms with Gasteiger partial charge in [-0.3, -0.25) is 19.9 Å². The molecular formula is C13H11N5O7S2. The Kier molecular flexibility index (Phi) is 5.06. The van der Waals surface area contributed by atoms with Crippen LogP contribution in [0, 0.1) is 16.7 Å². The van der Waals surface area contributed by atoms with Gasteiger partial charge >= 0.3 is 0 Å². The third-order valence-corrected chi connectivity index (χ3v) is 4.88. The fourth-order valence-electron chi connectivity index (χ4n) is 2.09. The van der Waals surface area contributed by atoms with Crippen molar-refractivity contribution in [2.45, 2.75) is 9.79 Å². The van der Waals surface area contributed by atoms with Gasteiger partial charge in [-0.2, -0.15) is 27.2 Å². The molecule has 0 radical (unpaired) electrons. The van der Waals surface area contributed by atoms with Crippen molar-refractivity contribution in [3.05, 3.63) is 24.3 Å². The Morgan fingerprint density at radius 2 is 1.63 bits per heavy atom. The van der Waals surface area contributed by atoms with Crippen LogP contribution in [0.15, 0.2) is 39.2 Å². The molecule has 0 unspecified atom stereocenters. The summed E-state index contributed by atoms with van der Waals surface area (Å²) in [5.74, 6) is -1.38. The average Bonchev–Trinajstić information content (AvgIpc) is 2.52. The third-order valence-electron chi connectivity index (χ3n) is 3.22. The number of phenols is 1. The topological polar surface area (TPSA) is 227 Å². The van der Waals surface area contributed by atoms with Gasteiger partial charge in [0, 0.05) is 11.5 Å². The molecule has 12 nitrogen and oxygen atoms in total. The van der Waals surface area contributed by atoms with Crippen molar-refractivity contribution < 1.29 is 31.0 Å². The molecule has 0 atom stereocenters. The van der Waals surface area contributed by atoms with E-state index < -0.39 is 47.3 Å². The summed E-state index contributed by atoms with van der Waals surface area (Å²) < 4.78 is 63.9. The van der Waals surface area contributed by atoms with Gasteiger partial charge in [-0.15, -0.1) is 0 Å². The number of amidine groups is 1. The van der Waals surface area contributed by atoms with E-state index in [2.05, 4.69) is 10.5 Å². The van der Waals surface area contributed by atoms with Gasteiger partial charge in [0.25, 0.3) is 20.2 Å². The zero-order chi connectivity index (χ0) is 20.6. The number of nitrogens with one attached hydrogen (secondary N) is 2. The predicted molar refractivity (Wildman–Crippen MR) is 93.8 cm³/mol. The van der Waals surface area contributed by atoms with Crippen LogP contribution in [0.3, 0.4) is 0 Å². The molecule has 0 saturated heterocycles. The summed E-state index contributed by atoms with van der Waals surface area (Å²) >= 11 is 0. The quantitative estimate of drug-likeness (QED) is 0.169. The van der Waals surface area contributed by atoms with E-state index in [1.165, 1.54) is 6.07 Å². The number of anilines is 1.